The highest BCUT2D eigenvalue weighted by Crippen LogP contribution is 2.41. The Hall–Kier alpha value is -1.25. The van der Waals surface area contributed by atoms with E-state index in [4.69, 9.17) is 0 Å². The summed E-state index contributed by atoms with van der Waals surface area (Å²) in [5.74, 6) is 0. The maximum Gasteiger partial charge on any atom is 0.0551 e. The van der Waals surface area contributed by atoms with Crippen molar-refractivity contribution >= 4 is 11.4 Å². The molecule has 1 aromatic rings. The van der Waals surface area contributed by atoms with Crippen LogP contribution in [0.25, 0.3) is 0 Å². The van der Waals surface area contributed by atoms with Gasteiger partial charge < -0.3 is 10.6 Å². The van der Waals surface area contributed by atoms with Gasteiger partial charge in [-0.1, -0.05) is 6.92 Å². The van der Waals surface area contributed by atoms with Crippen molar-refractivity contribution < 1.29 is 0 Å². The normalized spacial score (nSPS) is 17.6. The summed E-state index contributed by atoms with van der Waals surface area (Å²) in [5.41, 5.74) is 2.55. The Morgan fingerprint density at radius 2 is 2.07 bits per heavy atom. The molecule has 0 aliphatic heterocycles. The van der Waals surface area contributed by atoms with Gasteiger partial charge in [0, 0.05) is 12.6 Å². The molecule has 1 aliphatic carbocycles. The lowest BCUT2D eigenvalue weighted by Gasteiger charge is -2.16. The molecule has 0 radical (unpaired) electrons. The van der Waals surface area contributed by atoms with Crippen LogP contribution in [0.4, 0.5) is 11.4 Å². The summed E-state index contributed by atoms with van der Waals surface area (Å²) in [6.45, 7) is 2.23. The summed E-state index contributed by atoms with van der Waals surface area (Å²) in [5, 5.41) is 6.64. The molecule has 14 heavy (non-hydrogen) atoms. The van der Waals surface area contributed by atoms with Crippen LogP contribution in [0.5, 0.6) is 0 Å². The van der Waals surface area contributed by atoms with Gasteiger partial charge in [0.2, 0.25) is 0 Å². The number of pyridine rings is 1. The maximum absolute atomic E-state index is 4.18. The molecule has 1 aliphatic rings. The zero-order valence-corrected chi connectivity index (χ0v) is 8.80. The van der Waals surface area contributed by atoms with E-state index < -0.39 is 0 Å². The first kappa shape index (κ1) is 9.31. The Labute approximate surface area is 84.9 Å². The maximum atomic E-state index is 4.18. The van der Waals surface area contributed by atoms with Crippen LogP contribution in [-0.2, 0) is 0 Å². The van der Waals surface area contributed by atoms with Gasteiger partial charge in [0.25, 0.3) is 0 Å². The van der Waals surface area contributed by atoms with Gasteiger partial charge in [-0.05, 0) is 25.3 Å². The first-order valence-electron chi connectivity index (χ1n) is 5.19. The van der Waals surface area contributed by atoms with E-state index in [-0.39, 0.29) is 0 Å². The zero-order valence-electron chi connectivity index (χ0n) is 8.80. The second-order valence-corrected chi connectivity index (χ2v) is 3.97. The van der Waals surface area contributed by atoms with Crippen LogP contribution in [0.1, 0.15) is 26.2 Å². The topological polar surface area (TPSA) is 37.0 Å². The van der Waals surface area contributed by atoms with Gasteiger partial charge in [0.05, 0.1) is 23.8 Å². The Morgan fingerprint density at radius 1 is 1.36 bits per heavy atom. The largest absolute Gasteiger partial charge is 0.387 e. The predicted octanol–water partition coefficient (Wildman–Crippen LogP) is 2.48. The van der Waals surface area contributed by atoms with Gasteiger partial charge in [-0.25, -0.2) is 0 Å². The highest BCUT2D eigenvalue weighted by molar-refractivity contribution is 5.55. The second-order valence-electron chi connectivity index (χ2n) is 3.97. The molecule has 1 aromatic heterocycles. The Bertz CT molecular complexity index is 318. The molecule has 0 bridgehead atoms. The molecule has 2 rings (SSSR count). The van der Waals surface area contributed by atoms with Crippen LogP contribution in [-0.4, -0.2) is 17.6 Å². The average Bonchev–Trinajstić information content (AvgIpc) is 2.99. The first-order chi connectivity index (χ1) is 6.78. The number of nitrogens with one attached hydrogen (secondary N) is 2. The third kappa shape index (κ3) is 1.81. The molecule has 76 valence electrons. The molecule has 3 heteroatoms. The number of hydrogen-bond acceptors (Lipinski definition) is 3. The SMILES string of the molecule is CCC1(Nc2cncc(NC)c2)CC1. The van der Waals surface area contributed by atoms with Crippen molar-refractivity contribution in [2.45, 2.75) is 31.7 Å². The Morgan fingerprint density at radius 3 is 2.64 bits per heavy atom. The van der Waals surface area contributed by atoms with Crippen molar-refractivity contribution in [1.82, 2.24) is 4.98 Å². The molecule has 1 fully saturated rings. The smallest absolute Gasteiger partial charge is 0.0551 e. The lowest BCUT2D eigenvalue weighted by molar-refractivity contribution is 0.701. The lowest BCUT2D eigenvalue weighted by atomic mass is 10.2. The fraction of sp³-hybridized carbons (Fsp3) is 0.545. The monoisotopic (exact) mass is 191 g/mol. The van der Waals surface area contributed by atoms with E-state index in [0.717, 1.165) is 11.4 Å². The molecule has 0 atom stereocenters. The molecule has 0 spiro atoms. The van der Waals surface area contributed by atoms with Crippen LogP contribution in [0.2, 0.25) is 0 Å². The van der Waals surface area contributed by atoms with Gasteiger partial charge in [-0.3, -0.25) is 4.98 Å². The third-order valence-electron chi connectivity index (χ3n) is 2.97. The van der Waals surface area contributed by atoms with Crippen molar-refractivity contribution in [3.8, 4) is 0 Å². The minimum atomic E-state index is 0.369. The Kier molecular flexibility index (Phi) is 2.32. The van der Waals surface area contributed by atoms with Crippen LogP contribution in [0.15, 0.2) is 18.5 Å². The van der Waals surface area contributed by atoms with Gasteiger partial charge in [0.1, 0.15) is 0 Å². The van der Waals surface area contributed by atoms with Crippen molar-refractivity contribution in [3.05, 3.63) is 18.5 Å². The van der Waals surface area contributed by atoms with E-state index in [1.165, 1.54) is 19.3 Å². The molecular formula is C11H17N3. The van der Waals surface area contributed by atoms with Gasteiger partial charge in [-0.2, -0.15) is 0 Å². The molecule has 0 amide bonds. The third-order valence-corrected chi connectivity index (χ3v) is 2.97. The van der Waals surface area contributed by atoms with Gasteiger partial charge in [0.15, 0.2) is 0 Å². The fourth-order valence-corrected chi connectivity index (χ4v) is 1.67. The molecule has 1 saturated carbocycles. The van der Waals surface area contributed by atoms with E-state index >= 15 is 0 Å². The van der Waals surface area contributed by atoms with Crippen molar-refractivity contribution in [2.75, 3.05) is 17.7 Å². The molecule has 2 N–H and O–H groups in total. The van der Waals surface area contributed by atoms with Crippen LogP contribution in [0, 0.1) is 0 Å². The lowest BCUT2D eigenvalue weighted by Crippen LogP contribution is -2.19. The predicted molar refractivity (Wildman–Crippen MR) is 59.7 cm³/mol. The molecule has 0 unspecified atom stereocenters. The molecule has 1 heterocycles. The van der Waals surface area contributed by atoms with Crippen LogP contribution in [0.3, 0.4) is 0 Å². The minimum absolute atomic E-state index is 0.369. The fourth-order valence-electron chi connectivity index (χ4n) is 1.67. The van der Waals surface area contributed by atoms with Gasteiger partial charge in [-0.15, -0.1) is 0 Å². The minimum Gasteiger partial charge on any atom is -0.387 e. The number of anilines is 2. The van der Waals surface area contributed by atoms with Gasteiger partial charge >= 0.3 is 0 Å². The number of rotatable bonds is 4. The zero-order chi connectivity index (χ0) is 10.0. The standard InChI is InChI=1S/C11H17N3/c1-3-11(4-5-11)14-10-6-9(12-2)7-13-8-10/h6-8,12,14H,3-5H2,1-2H3. The number of hydrogen-bond donors (Lipinski definition) is 2. The summed E-state index contributed by atoms with van der Waals surface area (Å²) in [6, 6.07) is 2.10. The number of aromatic nitrogens is 1. The highest BCUT2D eigenvalue weighted by atomic mass is 15.0. The number of nitrogens with zero attached hydrogens (tertiary/aromatic N) is 1. The van der Waals surface area contributed by atoms with Crippen LogP contribution >= 0.6 is 0 Å². The quantitative estimate of drug-likeness (QED) is 0.767. The highest BCUT2D eigenvalue weighted by Gasteiger charge is 2.40. The molecular weight excluding hydrogens is 174 g/mol. The van der Waals surface area contributed by atoms with Crippen molar-refractivity contribution in [2.24, 2.45) is 0 Å². The summed E-state index contributed by atoms with van der Waals surface area (Å²) in [7, 11) is 1.91. The molecule has 0 aromatic carbocycles. The van der Waals surface area contributed by atoms with E-state index in [2.05, 4.69) is 28.6 Å². The average molecular weight is 191 g/mol. The van der Waals surface area contributed by atoms with Crippen molar-refractivity contribution in [1.29, 1.82) is 0 Å². The van der Waals surface area contributed by atoms with E-state index in [1.807, 2.05) is 19.4 Å². The summed E-state index contributed by atoms with van der Waals surface area (Å²) in [6.07, 6.45) is 7.48. The second kappa shape index (κ2) is 3.48. The molecule has 3 nitrogen and oxygen atoms in total. The molecule has 0 saturated heterocycles. The van der Waals surface area contributed by atoms with Crippen LogP contribution < -0.4 is 10.6 Å². The van der Waals surface area contributed by atoms with E-state index in [1.54, 1.807) is 0 Å². The first-order valence-corrected chi connectivity index (χ1v) is 5.19. The summed E-state index contributed by atoms with van der Waals surface area (Å²) < 4.78 is 0. The summed E-state index contributed by atoms with van der Waals surface area (Å²) >= 11 is 0. The Balaban J connectivity index is 2.09. The van der Waals surface area contributed by atoms with Crippen molar-refractivity contribution in [3.63, 3.8) is 0 Å². The summed E-state index contributed by atoms with van der Waals surface area (Å²) in [4.78, 5) is 4.18. The van der Waals surface area contributed by atoms with E-state index in [0.29, 0.717) is 5.54 Å². The van der Waals surface area contributed by atoms with E-state index in [9.17, 15) is 0 Å².